The van der Waals surface area contributed by atoms with E-state index in [-0.39, 0.29) is 29.4 Å². The number of rotatable bonds is 5. The van der Waals surface area contributed by atoms with E-state index < -0.39 is 10.0 Å². The summed E-state index contributed by atoms with van der Waals surface area (Å²) >= 11 is 0. The molecule has 20 heavy (non-hydrogen) atoms. The number of amides is 1. The molecule has 1 amide bonds. The van der Waals surface area contributed by atoms with E-state index in [4.69, 9.17) is 0 Å². The summed E-state index contributed by atoms with van der Waals surface area (Å²) in [6.45, 7) is 2.02. The number of hydrogen-bond donors (Lipinski definition) is 1. The molecule has 2 fully saturated rings. The summed E-state index contributed by atoms with van der Waals surface area (Å²) < 4.78 is 25.8. The molecule has 2 aliphatic rings. The molecule has 3 rings (SSSR count). The first-order valence-corrected chi connectivity index (χ1v) is 8.71. The third-order valence-corrected chi connectivity index (χ3v) is 5.55. The zero-order valence-corrected chi connectivity index (χ0v) is 12.3. The molecule has 0 bridgehead atoms. The maximum Gasteiger partial charge on any atom is 0.237 e. The molecule has 1 aromatic carbocycles. The van der Waals surface area contributed by atoms with Gasteiger partial charge in [0.05, 0.1) is 5.75 Å². The minimum absolute atomic E-state index is 0.0977. The lowest BCUT2D eigenvalue weighted by molar-refractivity contribution is -0.120. The molecule has 1 N–H and O–H groups in total. The van der Waals surface area contributed by atoms with Crippen LogP contribution in [0.2, 0.25) is 0 Å². The smallest absolute Gasteiger partial charge is 0.237 e. The molecule has 1 aromatic rings. The van der Waals surface area contributed by atoms with Gasteiger partial charge in [-0.25, -0.2) is 8.42 Å². The standard InChI is InChI=1S/C15H19NO3S/c1-10-4-2-3-5-12(10)13-8-14(13)15(17)16-20(18,19)9-11-6-7-11/h2-5,11,13-14H,6-9H2,1H3,(H,16,17). The van der Waals surface area contributed by atoms with Crippen LogP contribution in [0.3, 0.4) is 0 Å². The van der Waals surface area contributed by atoms with E-state index in [0.29, 0.717) is 0 Å². The first kappa shape index (κ1) is 13.6. The highest BCUT2D eigenvalue weighted by Gasteiger charge is 2.45. The van der Waals surface area contributed by atoms with E-state index in [1.165, 1.54) is 0 Å². The number of sulfonamides is 1. The Balaban J connectivity index is 1.61. The van der Waals surface area contributed by atoms with Crippen molar-refractivity contribution in [2.24, 2.45) is 11.8 Å². The monoisotopic (exact) mass is 293 g/mol. The first-order valence-electron chi connectivity index (χ1n) is 7.06. The van der Waals surface area contributed by atoms with Crippen LogP contribution in [-0.4, -0.2) is 20.1 Å². The van der Waals surface area contributed by atoms with Gasteiger partial charge >= 0.3 is 0 Å². The molecule has 0 aromatic heterocycles. The minimum atomic E-state index is -3.44. The van der Waals surface area contributed by atoms with Crippen LogP contribution in [0.5, 0.6) is 0 Å². The van der Waals surface area contributed by atoms with Crippen LogP contribution in [0.4, 0.5) is 0 Å². The molecule has 0 aliphatic heterocycles. The van der Waals surface area contributed by atoms with Crippen molar-refractivity contribution in [3.05, 3.63) is 35.4 Å². The van der Waals surface area contributed by atoms with Gasteiger partial charge in [0.2, 0.25) is 15.9 Å². The van der Waals surface area contributed by atoms with Gasteiger partial charge in [0, 0.05) is 5.92 Å². The lowest BCUT2D eigenvalue weighted by Crippen LogP contribution is -2.34. The summed E-state index contributed by atoms with van der Waals surface area (Å²) in [5.74, 6) is 0.00324. The molecule has 2 atom stereocenters. The number of hydrogen-bond acceptors (Lipinski definition) is 3. The first-order chi connectivity index (χ1) is 9.46. The predicted molar refractivity (Wildman–Crippen MR) is 76.7 cm³/mol. The number of benzene rings is 1. The molecule has 5 heteroatoms. The van der Waals surface area contributed by atoms with E-state index in [9.17, 15) is 13.2 Å². The fourth-order valence-corrected chi connectivity index (χ4v) is 4.19. The van der Waals surface area contributed by atoms with Crippen molar-refractivity contribution in [2.45, 2.75) is 32.1 Å². The quantitative estimate of drug-likeness (QED) is 0.902. The molecule has 108 valence electrons. The van der Waals surface area contributed by atoms with Gasteiger partial charge in [0.15, 0.2) is 0 Å². The van der Waals surface area contributed by atoms with E-state index in [1.807, 2.05) is 31.2 Å². The number of aryl methyl sites for hydroxylation is 1. The number of nitrogens with one attached hydrogen (secondary N) is 1. The topological polar surface area (TPSA) is 63.2 Å². The third-order valence-electron chi connectivity index (χ3n) is 4.12. The maximum absolute atomic E-state index is 12.0. The van der Waals surface area contributed by atoms with Crippen LogP contribution >= 0.6 is 0 Å². The molecule has 0 heterocycles. The van der Waals surface area contributed by atoms with Crippen molar-refractivity contribution >= 4 is 15.9 Å². The Hall–Kier alpha value is -1.36. The SMILES string of the molecule is Cc1ccccc1C1CC1C(=O)NS(=O)(=O)CC1CC1. The van der Waals surface area contributed by atoms with Crippen LogP contribution in [0.1, 0.15) is 36.3 Å². The van der Waals surface area contributed by atoms with Crippen LogP contribution in [-0.2, 0) is 14.8 Å². The average Bonchev–Trinajstić information content (AvgIpc) is 3.21. The number of carbonyl (C=O) groups excluding carboxylic acids is 1. The third kappa shape index (κ3) is 3.03. The maximum atomic E-state index is 12.0. The summed E-state index contributed by atoms with van der Waals surface area (Å²) in [6.07, 6.45) is 2.67. The Morgan fingerprint density at radius 1 is 1.30 bits per heavy atom. The molecular weight excluding hydrogens is 274 g/mol. The summed E-state index contributed by atoms with van der Waals surface area (Å²) in [5.41, 5.74) is 2.32. The molecule has 0 spiro atoms. The van der Waals surface area contributed by atoms with E-state index in [0.717, 1.165) is 30.4 Å². The van der Waals surface area contributed by atoms with Gasteiger partial charge in [-0.15, -0.1) is 0 Å². The Bertz CT molecular complexity index is 634. The number of carbonyl (C=O) groups is 1. The van der Waals surface area contributed by atoms with E-state index in [2.05, 4.69) is 4.72 Å². The second-order valence-electron chi connectivity index (χ2n) is 6.00. The van der Waals surface area contributed by atoms with E-state index >= 15 is 0 Å². The Labute approximate surface area is 119 Å². The fraction of sp³-hybridized carbons (Fsp3) is 0.533. The van der Waals surface area contributed by atoms with Crippen molar-refractivity contribution < 1.29 is 13.2 Å². The van der Waals surface area contributed by atoms with Crippen molar-refractivity contribution in [3.8, 4) is 0 Å². The van der Waals surface area contributed by atoms with Crippen molar-refractivity contribution in [2.75, 3.05) is 5.75 Å². The van der Waals surface area contributed by atoms with Crippen LogP contribution in [0, 0.1) is 18.8 Å². The fourth-order valence-electron chi connectivity index (χ4n) is 2.70. The average molecular weight is 293 g/mol. The highest BCUT2D eigenvalue weighted by Crippen LogP contribution is 2.48. The van der Waals surface area contributed by atoms with Crippen molar-refractivity contribution in [1.82, 2.24) is 4.72 Å². The molecule has 2 unspecified atom stereocenters. The van der Waals surface area contributed by atoms with Gasteiger partial charge in [-0.05, 0) is 49.1 Å². The second-order valence-corrected chi connectivity index (χ2v) is 7.76. The highest BCUT2D eigenvalue weighted by molar-refractivity contribution is 7.90. The zero-order valence-electron chi connectivity index (χ0n) is 11.5. The molecule has 2 saturated carbocycles. The predicted octanol–water partition coefficient (Wildman–Crippen LogP) is 1.95. The van der Waals surface area contributed by atoms with Gasteiger partial charge in [-0.2, -0.15) is 0 Å². The van der Waals surface area contributed by atoms with Crippen LogP contribution in [0.15, 0.2) is 24.3 Å². The van der Waals surface area contributed by atoms with E-state index in [1.54, 1.807) is 0 Å². The Kier molecular flexibility index (Phi) is 3.32. The molecule has 0 radical (unpaired) electrons. The van der Waals surface area contributed by atoms with Gasteiger partial charge in [0.25, 0.3) is 0 Å². The largest absolute Gasteiger partial charge is 0.274 e. The van der Waals surface area contributed by atoms with Gasteiger partial charge in [-0.1, -0.05) is 24.3 Å². The molecule has 4 nitrogen and oxygen atoms in total. The van der Waals surface area contributed by atoms with Crippen molar-refractivity contribution in [1.29, 1.82) is 0 Å². The second kappa shape index (κ2) is 4.88. The lowest BCUT2D eigenvalue weighted by Gasteiger charge is -2.07. The summed E-state index contributed by atoms with van der Waals surface area (Å²) in [6, 6.07) is 7.97. The van der Waals surface area contributed by atoms with Gasteiger partial charge in [-0.3, -0.25) is 9.52 Å². The molecular formula is C15H19NO3S. The molecule has 0 saturated heterocycles. The molecule has 2 aliphatic carbocycles. The van der Waals surface area contributed by atoms with Crippen molar-refractivity contribution in [3.63, 3.8) is 0 Å². The summed E-state index contributed by atoms with van der Waals surface area (Å²) in [7, 11) is -3.44. The minimum Gasteiger partial charge on any atom is -0.274 e. The zero-order chi connectivity index (χ0) is 14.3. The normalized spacial score (nSPS) is 25.2. The summed E-state index contributed by atoms with van der Waals surface area (Å²) in [4.78, 5) is 12.0. The van der Waals surface area contributed by atoms with Gasteiger partial charge in [0.1, 0.15) is 0 Å². The van der Waals surface area contributed by atoms with Gasteiger partial charge < -0.3 is 0 Å². The lowest BCUT2D eigenvalue weighted by atomic mass is 10.0. The Morgan fingerprint density at radius 2 is 2.00 bits per heavy atom. The van der Waals surface area contributed by atoms with Crippen LogP contribution in [0.25, 0.3) is 0 Å². The Morgan fingerprint density at radius 3 is 2.65 bits per heavy atom. The summed E-state index contributed by atoms with van der Waals surface area (Å²) in [5, 5.41) is 0. The van der Waals surface area contributed by atoms with Crippen LogP contribution < -0.4 is 4.72 Å². The highest BCUT2D eigenvalue weighted by atomic mass is 32.2.